The Kier molecular flexibility index (Phi) is 4.16. The van der Waals surface area contributed by atoms with E-state index < -0.39 is 0 Å². The van der Waals surface area contributed by atoms with Gasteiger partial charge in [-0.3, -0.25) is 4.98 Å². The Bertz CT molecular complexity index is 544. The molecule has 106 valence electrons. The molecule has 2 aromatic heterocycles. The highest BCUT2D eigenvalue weighted by Gasteiger charge is 2.19. The van der Waals surface area contributed by atoms with Gasteiger partial charge in [-0.2, -0.15) is 4.37 Å². The molecule has 0 aliphatic carbocycles. The Balaban J connectivity index is 1.93. The summed E-state index contributed by atoms with van der Waals surface area (Å²) in [6.07, 6.45) is 10.2. The van der Waals surface area contributed by atoms with Gasteiger partial charge < -0.3 is 10.6 Å². The van der Waals surface area contributed by atoms with E-state index >= 15 is 0 Å². The molecule has 1 fully saturated rings. The van der Waals surface area contributed by atoms with Crippen LogP contribution in [-0.2, 0) is 0 Å². The van der Waals surface area contributed by atoms with E-state index in [-0.39, 0.29) is 0 Å². The van der Waals surface area contributed by atoms with Crippen LogP contribution in [-0.4, -0.2) is 22.4 Å². The lowest BCUT2D eigenvalue weighted by Crippen LogP contribution is -2.26. The summed E-state index contributed by atoms with van der Waals surface area (Å²) in [5.41, 5.74) is 8.22. The van der Waals surface area contributed by atoms with Crippen molar-refractivity contribution in [2.45, 2.75) is 32.1 Å². The Hall–Kier alpha value is -1.62. The lowest BCUT2D eigenvalue weighted by Gasteiger charge is -2.26. The average molecular weight is 288 g/mol. The third-order valence-electron chi connectivity index (χ3n) is 3.79. The second-order valence-electron chi connectivity index (χ2n) is 5.24. The van der Waals surface area contributed by atoms with Crippen molar-refractivity contribution in [2.75, 3.05) is 23.7 Å². The lowest BCUT2D eigenvalue weighted by molar-refractivity contribution is 0.558. The number of hydrogen-bond donors (Lipinski definition) is 1. The molecule has 0 radical (unpaired) electrons. The van der Waals surface area contributed by atoms with Gasteiger partial charge in [-0.05, 0) is 30.4 Å². The van der Waals surface area contributed by atoms with Crippen LogP contribution in [0.2, 0.25) is 0 Å². The molecule has 2 N–H and O–H groups in total. The van der Waals surface area contributed by atoms with Crippen LogP contribution in [0.5, 0.6) is 0 Å². The van der Waals surface area contributed by atoms with Crippen molar-refractivity contribution in [3.05, 3.63) is 24.5 Å². The van der Waals surface area contributed by atoms with Crippen molar-refractivity contribution in [3.63, 3.8) is 0 Å². The van der Waals surface area contributed by atoms with Crippen molar-refractivity contribution in [2.24, 2.45) is 0 Å². The second-order valence-corrected chi connectivity index (χ2v) is 6.00. The number of nitrogen functional groups attached to an aromatic ring is 1. The third-order valence-corrected chi connectivity index (χ3v) is 4.72. The van der Waals surface area contributed by atoms with Gasteiger partial charge in [0.1, 0.15) is 10.8 Å². The average Bonchev–Trinajstić information content (AvgIpc) is 2.81. The second kappa shape index (κ2) is 6.22. The summed E-state index contributed by atoms with van der Waals surface area (Å²) in [5, 5.41) is 1.21. The van der Waals surface area contributed by atoms with Gasteiger partial charge in [-0.1, -0.05) is 25.3 Å². The van der Waals surface area contributed by atoms with Crippen molar-refractivity contribution < 1.29 is 0 Å². The smallest absolute Gasteiger partial charge is 0.147 e. The fourth-order valence-corrected chi connectivity index (χ4v) is 3.63. The summed E-state index contributed by atoms with van der Waals surface area (Å²) in [5.74, 6) is 0.625. The van der Waals surface area contributed by atoms with Crippen LogP contribution in [0.4, 0.5) is 10.8 Å². The first-order chi connectivity index (χ1) is 9.86. The predicted octanol–water partition coefficient (Wildman–Crippen LogP) is 3.56. The summed E-state index contributed by atoms with van der Waals surface area (Å²) in [6, 6.07) is 4.00. The molecule has 5 heteroatoms. The number of nitrogens with two attached hydrogens (primary N) is 1. The van der Waals surface area contributed by atoms with Crippen LogP contribution in [0.15, 0.2) is 24.5 Å². The molecule has 0 aromatic carbocycles. The van der Waals surface area contributed by atoms with Crippen LogP contribution in [0.3, 0.4) is 0 Å². The quantitative estimate of drug-likeness (QED) is 0.918. The van der Waals surface area contributed by atoms with Gasteiger partial charge in [0.05, 0.1) is 5.56 Å². The van der Waals surface area contributed by atoms with E-state index in [0.717, 1.165) is 24.2 Å². The summed E-state index contributed by atoms with van der Waals surface area (Å²) in [6.45, 7) is 2.21. The van der Waals surface area contributed by atoms with Gasteiger partial charge in [0.25, 0.3) is 0 Å². The molecule has 0 bridgehead atoms. The Morgan fingerprint density at radius 2 is 1.85 bits per heavy atom. The predicted molar refractivity (Wildman–Crippen MR) is 85.1 cm³/mol. The van der Waals surface area contributed by atoms with E-state index in [4.69, 9.17) is 5.73 Å². The monoisotopic (exact) mass is 288 g/mol. The van der Waals surface area contributed by atoms with E-state index in [9.17, 15) is 0 Å². The number of rotatable bonds is 2. The Morgan fingerprint density at radius 3 is 2.55 bits per heavy atom. The summed E-state index contributed by atoms with van der Waals surface area (Å²) in [7, 11) is 0. The van der Waals surface area contributed by atoms with Crippen molar-refractivity contribution in [3.8, 4) is 11.1 Å². The molecule has 1 saturated heterocycles. The molecule has 3 rings (SSSR count). The van der Waals surface area contributed by atoms with Crippen LogP contribution in [0.25, 0.3) is 11.1 Å². The molecule has 0 spiro atoms. The van der Waals surface area contributed by atoms with E-state index in [1.54, 1.807) is 6.20 Å². The van der Waals surface area contributed by atoms with Gasteiger partial charge in [-0.25, -0.2) is 0 Å². The van der Waals surface area contributed by atoms with E-state index in [1.807, 2.05) is 12.3 Å². The highest BCUT2D eigenvalue weighted by atomic mass is 32.1. The molecule has 2 aromatic rings. The number of pyridine rings is 1. The topological polar surface area (TPSA) is 55.0 Å². The zero-order valence-corrected chi connectivity index (χ0v) is 12.4. The van der Waals surface area contributed by atoms with Gasteiger partial charge in [-0.15, -0.1) is 0 Å². The molecular weight excluding hydrogens is 268 g/mol. The Labute approximate surface area is 123 Å². The van der Waals surface area contributed by atoms with Crippen LogP contribution in [0.1, 0.15) is 32.1 Å². The SMILES string of the molecule is Nc1nsc(N2CCCCCCC2)c1-c1cccnc1. The normalized spacial score (nSPS) is 16.7. The zero-order chi connectivity index (χ0) is 13.8. The minimum absolute atomic E-state index is 0.625. The number of anilines is 2. The largest absolute Gasteiger partial charge is 0.382 e. The van der Waals surface area contributed by atoms with Gasteiger partial charge in [0, 0.05) is 31.0 Å². The highest BCUT2D eigenvalue weighted by molar-refractivity contribution is 7.11. The molecule has 20 heavy (non-hydrogen) atoms. The maximum atomic E-state index is 6.09. The molecule has 0 amide bonds. The fraction of sp³-hybridized carbons (Fsp3) is 0.467. The number of hydrogen-bond acceptors (Lipinski definition) is 5. The highest BCUT2D eigenvalue weighted by Crippen LogP contribution is 2.39. The standard InChI is InChI=1S/C15H20N4S/c16-14-13(12-7-6-8-17-11-12)15(20-18-14)19-9-4-2-1-3-5-10-19/h6-8,11H,1-5,9-10H2,(H2,16,18). The van der Waals surface area contributed by atoms with Crippen LogP contribution < -0.4 is 10.6 Å². The first kappa shape index (κ1) is 13.4. The molecule has 3 heterocycles. The maximum absolute atomic E-state index is 6.09. The van der Waals surface area contributed by atoms with E-state index in [0.29, 0.717) is 5.82 Å². The van der Waals surface area contributed by atoms with Gasteiger partial charge >= 0.3 is 0 Å². The fourth-order valence-electron chi connectivity index (χ4n) is 2.74. The molecule has 0 unspecified atom stereocenters. The molecule has 1 aliphatic heterocycles. The summed E-state index contributed by atoms with van der Waals surface area (Å²) < 4.78 is 4.37. The van der Waals surface area contributed by atoms with Crippen LogP contribution in [0, 0.1) is 0 Å². The number of aromatic nitrogens is 2. The summed E-state index contributed by atoms with van der Waals surface area (Å²) >= 11 is 1.52. The zero-order valence-electron chi connectivity index (χ0n) is 11.6. The third kappa shape index (κ3) is 2.77. The van der Waals surface area contributed by atoms with E-state index in [2.05, 4.69) is 20.3 Å². The minimum atomic E-state index is 0.625. The first-order valence-electron chi connectivity index (χ1n) is 7.27. The molecule has 1 aliphatic rings. The van der Waals surface area contributed by atoms with Gasteiger partial charge in [0.2, 0.25) is 0 Å². The summed E-state index contributed by atoms with van der Waals surface area (Å²) in [4.78, 5) is 6.66. The maximum Gasteiger partial charge on any atom is 0.147 e. The van der Waals surface area contributed by atoms with Crippen molar-refractivity contribution in [1.82, 2.24) is 9.36 Å². The van der Waals surface area contributed by atoms with Gasteiger partial charge in [0.15, 0.2) is 0 Å². The molecular formula is C15H20N4S. The molecule has 4 nitrogen and oxygen atoms in total. The Morgan fingerprint density at radius 1 is 1.10 bits per heavy atom. The molecule has 0 atom stereocenters. The van der Waals surface area contributed by atoms with Crippen LogP contribution >= 0.6 is 11.5 Å². The minimum Gasteiger partial charge on any atom is -0.382 e. The lowest BCUT2D eigenvalue weighted by atomic mass is 10.1. The number of nitrogens with zero attached hydrogens (tertiary/aromatic N) is 3. The van der Waals surface area contributed by atoms with Crippen molar-refractivity contribution in [1.29, 1.82) is 0 Å². The molecule has 0 saturated carbocycles. The first-order valence-corrected chi connectivity index (χ1v) is 8.04. The van der Waals surface area contributed by atoms with Crippen molar-refractivity contribution >= 4 is 22.4 Å². The van der Waals surface area contributed by atoms with E-state index in [1.165, 1.54) is 48.6 Å².